The van der Waals surface area contributed by atoms with Crippen molar-refractivity contribution in [1.82, 2.24) is 0 Å². The monoisotopic (exact) mass is 480 g/mol. The molecular weight excluding hydrogens is 436 g/mol. The van der Waals surface area contributed by atoms with Gasteiger partial charge in [0.25, 0.3) is 0 Å². The first-order valence-corrected chi connectivity index (χ1v) is 13.5. The molecule has 2 rings (SSSR count). The van der Waals surface area contributed by atoms with Crippen LogP contribution in [0.2, 0.25) is 0 Å². The highest BCUT2D eigenvalue weighted by atomic mass is 16.6. The number of carbonyl (C=O) groups is 2. The lowest BCUT2D eigenvalue weighted by atomic mass is 9.92. The molecule has 0 N–H and O–H groups in total. The van der Waals surface area contributed by atoms with Gasteiger partial charge < -0.3 is 9.47 Å². The molecule has 2 aromatic rings. The Hall–Kier alpha value is -2.62. The van der Waals surface area contributed by atoms with E-state index in [0.717, 1.165) is 51.4 Å². The number of hydrogen-bond acceptors (Lipinski definition) is 4. The summed E-state index contributed by atoms with van der Waals surface area (Å²) < 4.78 is 11.9. The van der Waals surface area contributed by atoms with E-state index in [1.54, 1.807) is 0 Å². The average molecular weight is 481 g/mol. The van der Waals surface area contributed by atoms with E-state index in [-0.39, 0.29) is 30.1 Å². The summed E-state index contributed by atoms with van der Waals surface area (Å²) in [6, 6.07) is 15.4. The number of hydrogen-bond donors (Lipinski definition) is 0. The van der Waals surface area contributed by atoms with Gasteiger partial charge in [-0.2, -0.15) is 0 Å². The second-order valence-electron chi connectivity index (χ2n) is 9.54. The maximum atomic E-state index is 12.9. The number of benzene rings is 2. The molecule has 0 saturated heterocycles. The Balaban J connectivity index is 2.02. The van der Waals surface area contributed by atoms with E-state index in [0.29, 0.717) is 17.5 Å². The minimum Gasteiger partial charge on any atom is -0.458 e. The van der Waals surface area contributed by atoms with Gasteiger partial charge in [-0.25, -0.2) is 9.59 Å². The lowest BCUT2D eigenvalue weighted by molar-refractivity contribution is -0.0314. The van der Waals surface area contributed by atoms with Crippen LogP contribution in [0.3, 0.4) is 0 Å². The van der Waals surface area contributed by atoms with Crippen LogP contribution in [0.15, 0.2) is 48.5 Å². The largest absolute Gasteiger partial charge is 0.458 e. The first-order chi connectivity index (χ1) is 16.9. The third kappa shape index (κ3) is 9.16. The van der Waals surface area contributed by atoms with Gasteiger partial charge in [-0.05, 0) is 73.9 Å². The van der Waals surface area contributed by atoms with Crippen molar-refractivity contribution in [3.05, 3.63) is 70.8 Å². The van der Waals surface area contributed by atoms with Gasteiger partial charge in [-0.3, -0.25) is 0 Å². The number of esters is 2. The molecule has 0 heterocycles. The molecule has 0 spiro atoms. The topological polar surface area (TPSA) is 52.6 Å². The summed E-state index contributed by atoms with van der Waals surface area (Å²) in [5.74, 6) is -0.753. The highest BCUT2D eigenvalue weighted by Gasteiger charge is 2.30. The molecule has 192 valence electrons. The van der Waals surface area contributed by atoms with Crippen LogP contribution >= 0.6 is 0 Å². The third-order valence-corrected chi connectivity index (χ3v) is 6.68. The molecule has 0 aliphatic carbocycles. The SMILES string of the molecule is CCCCc1ccc(C(=O)OC(CC)C(C)C(CCC)OC(=O)c2ccc(CCCC)cc2)cc1. The molecule has 0 aliphatic heterocycles. The van der Waals surface area contributed by atoms with Crippen molar-refractivity contribution < 1.29 is 19.1 Å². The van der Waals surface area contributed by atoms with Crippen LogP contribution in [-0.4, -0.2) is 24.1 Å². The molecule has 0 bridgehead atoms. The number of carbonyl (C=O) groups excluding carboxylic acids is 2. The summed E-state index contributed by atoms with van der Waals surface area (Å²) in [6.07, 6.45) is 8.22. The second-order valence-corrected chi connectivity index (χ2v) is 9.54. The normalized spacial score (nSPS) is 13.6. The summed E-state index contributed by atoms with van der Waals surface area (Å²) in [5.41, 5.74) is 3.59. The second kappa shape index (κ2) is 15.4. The van der Waals surface area contributed by atoms with E-state index in [4.69, 9.17) is 9.47 Å². The Morgan fingerprint density at radius 2 is 1.09 bits per heavy atom. The summed E-state index contributed by atoms with van der Waals surface area (Å²) in [5, 5.41) is 0. The predicted molar refractivity (Wildman–Crippen MR) is 143 cm³/mol. The Kier molecular flexibility index (Phi) is 12.6. The van der Waals surface area contributed by atoms with Crippen molar-refractivity contribution in [2.75, 3.05) is 0 Å². The van der Waals surface area contributed by atoms with Crippen LogP contribution in [-0.2, 0) is 22.3 Å². The molecular formula is C31H44O4. The predicted octanol–water partition coefficient (Wildman–Crippen LogP) is 7.97. The Bertz CT molecular complexity index is 885. The van der Waals surface area contributed by atoms with Gasteiger partial charge in [0.1, 0.15) is 12.2 Å². The lowest BCUT2D eigenvalue weighted by Crippen LogP contribution is -2.36. The number of aryl methyl sites for hydroxylation is 2. The van der Waals surface area contributed by atoms with E-state index >= 15 is 0 Å². The number of unbranched alkanes of at least 4 members (excludes halogenated alkanes) is 2. The van der Waals surface area contributed by atoms with Gasteiger partial charge >= 0.3 is 11.9 Å². The van der Waals surface area contributed by atoms with Crippen LogP contribution in [0.4, 0.5) is 0 Å². The fourth-order valence-electron chi connectivity index (χ4n) is 4.30. The average Bonchev–Trinajstić information content (AvgIpc) is 2.89. The zero-order valence-corrected chi connectivity index (χ0v) is 22.3. The number of rotatable bonds is 15. The molecule has 35 heavy (non-hydrogen) atoms. The van der Waals surface area contributed by atoms with E-state index in [2.05, 4.69) is 20.8 Å². The minimum absolute atomic E-state index is 0.111. The van der Waals surface area contributed by atoms with Crippen molar-refractivity contribution in [2.45, 2.75) is 105 Å². The van der Waals surface area contributed by atoms with Crippen molar-refractivity contribution in [3.8, 4) is 0 Å². The molecule has 3 atom stereocenters. The molecule has 0 radical (unpaired) electrons. The molecule has 0 saturated carbocycles. The maximum Gasteiger partial charge on any atom is 0.338 e. The van der Waals surface area contributed by atoms with Gasteiger partial charge in [0, 0.05) is 5.92 Å². The molecule has 2 aromatic carbocycles. The molecule has 0 aromatic heterocycles. The standard InChI is InChI=1S/C31H44O4/c1-6-10-13-24-15-19-26(20-16-24)30(32)34-28(9-4)23(5)29(12-8-3)35-31(33)27-21-17-25(18-22-27)14-11-7-2/h15-23,28-29H,6-14H2,1-5H3. The van der Waals surface area contributed by atoms with Crippen molar-refractivity contribution >= 4 is 11.9 Å². The molecule has 0 aliphatic rings. The quantitative estimate of drug-likeness (QED) is 0.243. The fourth-order valence-corrected chi connectivity index (χ4v) is 4.30. The highest BCUT2D eigenvalue weighted by molar-refractivity contribution is 5.90. The smallest absolute Gasteiger partial charge is 0.338 e. The molecule has 0 amide bonds. The highest BCUT2D eigenvalue weighted by Crippen LogP contribution is 2.24. The zero-order chi connectivity index (χ0) is 25.6. The summed E-state index contributed by atoms with van der Waals surface area (Å²) in [7, 11) is 0. The van der Waals surface area contributed by atoms with Crippen LogP contribution in [0.5, 0.6) is 0 Å². The van der Waals surface area contributed by atoms with Crippen molar-refractivity contribution in [2.24, 2.45) is 5.92 Å². The van der Waals surface area contributed by atoms with Gasteiger partial charge in [-0.15, -0.1) is 0 Å². The van der Waals surface area contributed by atoms with E-state index in [1.165, 1.54) is 11.1 Å². The van der Waals surface area contributed by atoms with Gasteiger partial charge in [0.05, 0.1) is 11.1 Å². The van der Waals surface area contributed by atoms with Crippen molar-refractivity contribution in [3.63, 3.8) is 0 Å². The Labute approximate surface area is 212 Å². The van der Waals surface area contributed by atoms with E-state index in [1.807, 2.05) is 62.4 Å². The van der Waals surface area contributed by atoms with Gasteiger partial charge in [-0.1, -0.05) is 78.1 Å². The third-order valence-electron chi connectivity index (χ3n) is 6.68. The maximum absolute atomic E-state index is 12.9. The van der Waals surface area contributed by atoms with Crippen LogP contribution in [0.1, 0.15) is 111 Å². The molecule has 4 heteroatoms. The first kappa shape index (κ1) is 28.6. The van der Waals surface area contributed by atoms with Crippen LogP contribution in [0, 0.1) is 5.92 Å². The van der Waals surface area contributed by atoms with E-state index in [9.17, 15) is 9.59 Å². The van der Waals surface area contributed by atoms with Gasteiger partial charge in [0.15, 0.2) is 0 Å². The molecule has 3 unspecified atom stereocenters. The lowest BCUT2D eigenvalue weighted by Gasteiger charge is -2.30. The Morgan fingerprint density at radius 3 is 1.46 bits per heavy atom. The fraction of sp³-hybridized carbons (Fsp3) is 0.548. The number of ether oxygens (including phenoxy) is 2. The van der Waals surface area contributed by atoms with Crippen LogP contribution < -0.4 is 0 Å². The zero-order valence-electron chi connectivity index (χ0n) is 22.3. The first-order valence-electron chi connectivity index (χ1n) is 13.5. The Morgan fingerprint density at radius 1 is 0.657 bits per heavy atom. The van der Waals surface area contributed by atoms with E-state index < -0.39 is 0 Å². The summed E-state index contributed by atoms with van der Waals surface area (Å²) >= 11 is 0. The molecule has 4 nitrogen and oxygen atoms in total. The minimum atomic E-state index is -0.331. The molecule has 0 fully saturated rings. The summed E-state index contributed by atoms with van der Waals surface area (Å²) in [6.45, 7) is 10.4. The van der Waals surface area contributed by atoms with Crippen molar-refractivity contribution in [1.29, 1.82) is 0 Å². The van der Waals surface area contributed by atoms with Crippen LogP contribution in [0.25, 0.3) is 0 Å². The van der Waals surface area contributed by atoms with Gasteiger partial charge in [0.2, 0.25) is 0 Å². The summed E-state index contributed by atoms with van der Waals surface area (Å²) in [4.78, 5) is 25.7.